The fourth-order valence-electron chi connectivity index (χ4n) is 3.72. The summed E-state index contributed by atoms with van der Waals surface area (Å²) in [5.41, 5.74) is 3.85. The van der Waals surface area contributed by atoms with Crippen LogP contribution < -0.4 is 10.8 Å². The summed E-state index contributed by atoms with van der Waals surface area (Å²) in [4.78, 5) is 25.1. The maximum atomic E-state index is 12.9. The summed E-state index contributed by atoms with van der Waals surface area (Å²) in [5, 5.41) is 12.2. The second-order valence-corrected chi connectivity index (χ2v) is 8.28. The highest BCUT2D eigenvalue weighted by molar-refractivity contribution is 6.00. The highest BCUT2D eigenvalue weighted by atomic mass is 16.5. The van der Waals surface area contributed by atoms with Crippen molar-refractivity contribution < 1.29 is 14.8 Å². The minimum atomic E-state index is -0.962. The molecule has 2 amide bonds. The molecule has 0 radical (unpaired) electrons. The van der Waals surface area contributed by atoms with Crippen molar-refractivity contribution in [3.63, 3.8) is 0 Å². The van der Waals surface area contributed by atoms with E-state index in [9.17, 15) is 9.59 Å². The van der Waals surface area contributed by atoms with Crippen LogP contribution in [0.15, 0.2) is 60.7 Å². The molecule has 0 saturated carbocycles. The Kier molecular flexibility index (Phi) is 10.1. The molecule has 2 rings (SSSR count). The number of amides is 2. The molecule has 0 heterocycles. The van der Waals surface area contributed by atoms with Crippen LogP contribution in [0.25, 0.3) is 0 Å². The predicted octanol–water partition coefficient (Wildman–Crippen LogP) is 4.29. The molecule has 5 heteroatoms. The van der Waals surface area contributed by atoms with E-state index in [-0.39, 0.29) is 18.4 Å². The second kappa shape index (κ2) is 12.8. The van der Waals surface area contributed by atoms with Crippen LogP contribution in [0.1, 0.15) is 50.7 Å². The Morgan fingerprint density at radius 1 is 0.867 bits per heavy atom. The Morgan fingerprint density at radius 3 is 2.03 bits per heavy atom. The van der Waals surface area contributed by atoms with E-state index in [1.54, 1.807) is 5.48 Å². The van der Waals surface area contributed by atoms with Gasteiger partial charge < -0.3 is 5.32 Å². The molecule has 0 aliphatic rings. The lowest BCUT2D eigenvalue weighted by Crippen LogP contribution is -2.45. The zero-order valence-corrected chi connectivity index (χ0v) is 18.0. The molecule has 0 aromatic heterocycles. The predicted molar refractivity (Wildman–Crippen MR) is 119 cm³/mol. The minimum absolute atomic E-state index is 0.0121. The number of carbonyl (C=O) groups excluding carboxylic acids is 2. The lowest BCUT2D eigenvalue weighted by atomic mass is 9.94. The molecule has 2 unspecified atom stereocenters. The average molecular weight is 411 g/mol. The topological polar surface area (TPSA) is 78.4 Å². The Labute approximate surface area is 179 Å². The fraction of sp³-hybridized carbons (Fsp3) is 0.440. The summed E-state index contributed by atoms with van der Waals surface area (Å²) in [6.45, 7) is 4.26. The van der Waals surface area contributed by atoms with E-state index >= 15 is 0 Å². The fourth-order valence-corrected chi connectivity index (χ4v) is 3.72. The third-order valence-electron chi connectivity index (χ3n) is 5.24. The largest absolute Gasteiger partial charge is 0.353 e. The normalized spacial score (nSPS) is 12.9. The van der Waals surface area contributed by atoms with Crippen LogP contribution in [-0.2, 0) is 22.4 Å². The van der Waals surface area contributed by atoms with E-state index in [0.717, 1.165) is 37.7 Å². The molecule has 0 aliphatic heterocycles. The van der Waals surface area contributed by atoms with Crippen molar-refractivity contribution in [3.8, 4) is 0 Å². The number of benzene rings is 2. The molecule has 162 valence electrons. The summed E-state index contributed by atoms with van der Waals surface area (Å²) in [5.74, 6) is -1.54. The summed E-state index contributed by atoms with van der Waals surface area (Å²) in [6.07, 6.45) is 5.06. The highest BCUT2D eigenvalue weighted by Gasteiger charge is 2.28. The van der Waals surface area contributed by atoms with Crippen molar-refractivity contribution in [2.75, 3.05) is 0 Å². The number of carbonyl (C=O) groups is 2. The zero-order chi connectivity index (χ0) is 21.8. The molecule has 2 aromatic carbocycles. The van der Waals surface area contributed by atoms with Crippen LogP contribution in [0.3, 0.4) is 0 Å². The monoisotopic (exact) mass is 410 g/mol. The molecule has 2 atom stereocenters. The Balaban J connectivity index is 1.94. The van der Waals surface area contributed by atoms with Gasteiger partial charge in [0.15, 0.2) is 0 Å². The molecule has 5 nitrogen and oxygen atoms in total. The molecular weight excluding hydrogens is 376 g/mol. The first kappa shape index (κ1) is 23.6. The van der Waals surface area contributed by atoms with Crippen LogP contribution in [0.5, 0.6) is 0 Å². The smallest absolute Gasteiger partial charge is 0.256 e. The maximum absolute atomic E-state index is 12.9. The van der Waals surface area contributed by atoms with E-state index in [1.165, 1.54) is 5.56 Å². The van der Waals surface area contributed by atoms with Gasteiger partial charge in [0.1, 0.15) is 5.92 Å². The summed E-state index contributed by atoms with van der Waals surface area (Å²) in [6, 6.07) is 19.8. The highest BCUT2D eigenvalue weighted by Crippen LogP contribution is 2.16. The van der Waals surface area contributed by atoms with Crippen molar-refractivity contribution >= 4 is 11.8 Å². The number of hydrogen-bond donors (Lipinski definition) is 3. The van der Waals surface area contributed by atoms with Crippen LogP contribution in [0.2, 0.25) is 0 Å². The van der Waals surface area contributed by atoms with Crippen molar-refractivity contribution in [1.29, 1.82) is 0 Å². The lowest BCUT2D eigenvalue weighted by Gasteiger charge is -2.23. The van der Waals surface area contributed by atoms with Gasteiger partial charge in [0.25, 0.3) is 5.91 Å². The maximum Gasteiger partial charge on any atom is 0.256 e. The molecule has 2 aromatic rings. The molecular formula is C25H34N2O3. The lowest BCUT2D eigenvalue weighted by molar-refractivity contribution is -0.141. The minimum Gasteiger partial charge on any atom is -0.353 e. The van der Waals surface area contributed by atoms with Crippen LogP contribution >= 0.6 is 0 Å². The molecule has 0 spiro atoms. The van der Waals surface area contributed by atoms with Gasteiger partial charge in [-0.3, -0.25) is 14.8 Å². The van der Waals surface area contributed by atoms with E-state index in [1.807, 2.05) is 36.4 Å². The van der Waals surface area contributed by atoms with Crippen LogP contribution in [0, 0.1) is 11.8 Å². The second-order valence-electron chi connectivity index (χ2n) is 8.28. The van der Waals surface area contributed by atoms with Gasteiger partial charge in [-0.1, -0.05) is 80.9 Å². The van der Waals surface area contributed by atoms with Crippen LogP contribution in [-0.4, -0.2) is 23.1 Å². The quantitative estimate of drug-likeness (QED) is 0.211. The van der Waals surface area contributed by atoms with Gasteiger partial charge in [-0.15, -0.1) is 0 Å². The number of unbranched alkanes of at least 4 members (excludes halogenated alkanes) is 1. The number of nitrogens with one attached hydrogen (secondary N) is 2. The van der Waals surface area contributed by atoms with Crippen molar-refractivity contribution in [2.24, 2.45) is 11.8 Å². The van der Waals surface area contributed by atoms with Gasteiger partial charge in [0, 0.05) is 6.04 Å². The first-order chi connectivity index (χ1) is 14.5. The third-order valence-corrected chi connectivity index (χ3v) is 5.24. The van der Waals surface area contributed by atoms with E-state index in [0.29, 0.717) is 5.92 Å². The van der Waals surface area contributed by atoms with Gasteiger partial charge in [0.2, 0.25) is 5.91 Å². The van der Waals surface area contributed by atoms with E-state index in [2.05, 4.69) is 43.4 Å². The van der Waals surface area contributed by atoms with E-state index in [4.69, 9.17) is 5.21 Å². The Morgan fingerprint density at radius 2 is 1.47 bits per heavy atom. The zero-order valence-electron chi connectivity index (χ0n) is 18.0. The van der Waals surface area contributed by atoms with E-state index < -0.39 is 11.8 Å². The van der Waals surface area contributed by atoms with Crippen molar-refractivity contribution in [1.82, 2.24) is 10.8 Å². The standard InChI is InChI=1S/C25H34N2O3/c1-19(2)17-22(16-10-9-13-20-11-5-3-6-12-20)26-24(28)23(25(29)27-30)18-21-14-7-4-8-15-21/h3-8,11-12,14-15,19,22-23,30H,9-10,13,16-18H2,1-2H3,(H,26,28)(H,27,29). The van der Waals surface area contributed by atoms with Gasteiger partial charge in [0.05, 0.1) is 0 Å². The summed E-state index contributed by atoms with van der Waals surface area (Å²) < 4.78 is 0. The summed E-state index contributed by atoms with van der Waals surface area (Å²) in [7, 11) is 0. The van der Waals surface area contributed by atoms with Gasteiger partial charge in [-0.05, 0) is 49.1 Å². The number of hydrogen-bond acceptors (Lipinski definition) is 3. The SMILES string of the molecule is CC(C)CC(CCCCc1ccccc1)NC(=O)C(Cc1ccccc1)C(=O)NO. The summed E-state index contributed by atoms with van der Waals surface area (Å²) >= 11 is 0. The first-order valence-corrected chi connectivity index (χ1v) is 10.8. The molecule has 0 saturated heterocycles. The third kappa shape index (κ3) is 8.37. The Bertz CT molecular complexity index is 762. The van der Waals surface area contributed by atoms with Gasteiger partial charge >= 0.3 is 0 Å². The molecule has 0 bridgehead atoms. The molecule has 0 aliphatic carbocycles. The van der Waals surface area contributed by atoms with Crippen molar-refractivity contribution in [3.05, 3.63) is 71.8 Å². The van der Waals surface area contributed by atoms with Gasteiger partial charge in [-0.25, -0.2) is 5.48 Å². The van der Waals surface area contributed by atoms with Gasteiger partial charge in [-0.2, -0.15) is 0 Å². The number of rotatable bonds is 12. The molecule has 3 N–H and O–H groups in total. The Hall–Kier alpha value is -2.66. The molecule has 30 heavy (non-hydrogen) atoms. The number of aryl methyl sites for hydroxylation is 1. The number of hydroxylamine groups is 1. The molecule has 0 fully saturated rings. The first-order valence-electron chi connectivity index (χ1n) is 10.8. The van der Waals surface area contributed by atoms with Crippen LogP contribution in [0.4, 0.5) is 0 Å². The van der Waals surface area contributed by atoms with Crippen molar-refractivity contribution in [2.45, 2.75) is 58.4 Å². The average Bonchev–Trinajstić information content (AvgIpc) is 2.75.